The molecule has 0 aromatic carbocycles. The van der Waals surface area contributed by atoms with Crippen LogP contribution in [0.25, 0.3) is 0 Å². The average Bonchev–Trinajstić information content (AvgIpc) is 2.45. The Balaban J connectivity index is 2.34. The van der Waals surface area contributed by atoms with E-state index in [0.29, 0.717) is 11.6 Å². The van der Waals surface area contributed by atoms with Gasteiger partial charge in [0.25, 0.3) is 0 Å². The molecule has 2 aromatic heterocycles. The minimum absolute atomic E-state index is 0.256. The lowest BCUT2D eigenvalue weighted by Gasteiger charge is -2.10. The maximum Gasteiger partial charge on any atom is 0.339 e. The molecule has 2 heterocycles. The number of hydrogen-bond donors (Lipinski definition) is 2. The summed E-state index contributed by atoms with van der Waals surface area (Å²) in [5.41, 5.74) is 4.54. The third kappa shape index (κ3) is 3.40. The number of H-pyrrole nitrogens is 1. The van der Waals surface area contributed by atoms with Crippen LogP contribution in [-0.4, -0.2) is 31.3 Å². The van der Waals surface area contributed by atoms with E-state index in [9.17, 15) is 9.59 Å². The second-order valence-electron chi connectivity index (χ2n) is 4.05. The zero-order valence-corrected chi connectivity index (χ0v) is 12.3. The molecule has 0 unspecified atom stereocenters. The highest BCUT2D eigenvalue weighted by molar-refractivity contribution is 7.99. The molecule has 9 nitrogen and oxygen atoms in total. The van der Waals surface area contributed by atoms with Crippen molar-refractivity contribution in [3.05, 3.63) is 27.0 Å². The third-order valence-corrected chi connectivity index (χ3v) is 3.46. The van der Waals surface area contributed by atoms with E-state index >= 15 is 0 Å². The molecule has 0 saturated carbocycles. The van der Waals surface area contributed by atoms with Crippen molar-refractivity contribution in [1.82, 2.24) is 24.7 Å². The quantitative estimate of drug-likeness (QED) is 0.573. The predicted molar refractivity (Wildman–Crippen MR) is 76.5 cm³/mol. The Morgan fingerprint density at radius 2 is 2.19 bits per heavy atom. The summed E-state index contributed by atoms with van der Waals surface area (Å²) >= 11 is 1.04. The van der Waals surface area contributed by atoms with Crippen LogP contribution in [0.4, 0.5) is 5.69 Å². The second kappa shape index (κ2) is 6.39. The highest BCUT2D eigenvalue weighted by atomic mass is 32.2. The summed E-state index contributed by atoms with van der Waals surface area (Å²) in [7, 11) is 1.56. The SMILES string of the molecule is CCCOc1ncnc(Sc2nc(=O)c(=O)[nH]n2C)c1N. The van der Waals surface area contributed by atoms with Gasteiger partial charge < -0.3 is 10.5 Å². The van der Waals surface area contributed by atoms with Gasteiger partial charge in [-0.3, -0.25) is 19.4 Å². The highest BCUT2D eigenvalue weighted by Crippen LogP contribution is 2.31. The normalized spacial score (nSPS) is 10.6. The highest BCUT2D eigenvalue weighted by Gasteiger charge is 2.13. The summed E-state index contributed by atoms with van der Waals surface area (Å²) < 4.78 is 6.72. The zero-order valence-electron chi connectivity index (χ0n) is 11.5. The number of rotatable bonds is 5. The number of nitrogens with two attached hydrogens (primary N) is 1. The van der Waals surface area contributed by atoms with Gasteiger partial charge in [0.1, 0.15) is 17.0 Å². The van der Waals surface area contributed by atoms with Gasteiger partial charge in [-0.2, -0.15) is 9.97 Å². The smallest absolute Gasteiger partial charge is 0.339 e. The fourth-order valence-corrected chi connectivity index (χ4v) is 2.18. The van der Waals surface area contributed by atoms with Gasteiger partial charge in [0.05, 0.1) is 6.61 Å². The first-order chi connectivity index (χ1) is 10.0. The number of hydrogen-bond acceptors (Lipinski definition) is 8. The van der Waals surface area contributed by atoms with Crippen molar-refractivity contribution >= 4 is 17.4 Å². The van der Waals surface area contributed by atoms with Crippen molar-refractivity contribution in [1.29, 1.82) is 0 Å². The molecule has 0 bridgehead atoms. The molecule has 0 saturated heterocycles. The van der Waals surface area contributed by atoms with Crippen molar-refractivity contribution in [3.8, 4) is 5.88 Å². The number of nitrogen functional groups attached to an aromatic ring is 1. The van der Waals surface area contributed by atoms with Crippen LogP contribution in [0, 0.1) is 0 Å². The largest absolute Gasteiger partial charge is 0.476 e. The topological polar surface area (TPSA) is 129 Å². The fourth-order valence-electron chi connectivity index (χ4n) is 1.40. The molecule has 0 amide bonds. The van der Waals surface area contributed by atoms with Crippen molar-refractivity contribution in [2.75, 3.05) is 12.3 Å². The number of nitrogens with one attached hydrogen (secondary N) is 1. The summed E-state index contributed by atoms with van der Waals surface area (Å²) in [4.78, 5) is 34.1. The lowest BCUT2D eigenvalue weighted by atomic mass is 10.5. The first-order valence-electron chi connectivity index (χ1n) is 6.11. The summed E-state index contributed by atoms with van der Waals surface area (Å²) in [5.74, 6) is 0.281. The molecule has 0 atom stereocenters. The van der Waals surface area contributed by atoms with Crippen molar-refractivity contribution in [2.45, 2.75) is 23.5 Å². The Morgan fingerprint density at radius 3 is 2.90 bits per heavy atom. The Kier molecular flexibility index (Phi) is 4.58. The predicted octanol–water partition coefficient (Wildman–Crippen LogP) is -0.219. The molecule has 112 valence electrons. The molecule has 0 aliphatic carbocycles. The first-order valence-corrected chi connectivity index (χ1v) is 6.93. The molecule has 2 rings (SSSR count). The second-order valence-corrected chi connectivity index (χ2v) is 5.00. The molecule has 0 spiro atoms. The van der Waals surface area contributed by atoms with Gasteiger partial charge in [-0.25, -0.2) is 4.98 Å². The molecule has 0 aliphatic rings. The molecule has 0 radical (unpaired) electrons. The van der Waals surface area contributed by atoms with Crippen LogP contribution < -0.4 is 21.6 Å². The summed E-state index contributed by atoms with van der Waals surface area (Å²) in [6, 6.07) is 0. The van der Waals surface area contributed by atoms with E-state index < -0.39 is 11.1 Å². The molecule has 0 aliphatic heterocycles. The van der Waals surface area contributed by atoms with E-state index in [2.05, 4.69) is 20.1 Å². The Morgan fingerprint density at radius 1 is 1.43 bits per heavy atom. The van der Waals surface area contributed by atoms with E-state index in [1.165, 1.54) is 11.0 Å². The number of aryl methyl sites for hydroxylation is 1. The van der Waals surface area contributed by atoms with Gasteiger partial charge in [-0.05, 0) is 18.2 Å². The molecule has 10 heteroatoms. The lowest BCUT2D eigenvalue weighted by molar-refractivity contribution is 0.305. The van der Waals surface area contributed by atoms with Gasteiger partial charge in [-0.15, -0.1) is 0 Å². The summed E-state index contributed by atoms with van der Waals surface area (Å²) in [5, 5.41) is 3.00. The van der Waals surface area contributed by atoms with E-state index in [1.54, 1.807) is 7.05 Å². The number of aromatic amines is 1. The minimum atomic E-state index is -0.870. The molecular formula is C11H14N6O3S. The molecule has 21 heavy (non-hydrogen) atoms. The lowest BCUT2D eigenvalue weighted by Crippen LogP contribution is -2.33. The maximum absolute atomic E-state index is 11.3. The Bertz CT molecular complexity index is 756. The number of nitrogens with zero attached hydrogens (tertiary/aromatic N) is 4. The number of anilines is 1. The number of ether oxygens (including phenoxy) is 1. The summed E-state index contributed by atoms with van der Waals surface area (Å²) in [6.07, 6.45) is 2.13. The van der Waals surface area contributed by atoms with Crippen LogP contribution in [0.5, 0.6) is 5.88 Å². The van der Waals surface area contributed by atoms with Gasteiger partial charge in [0.15, 0.2) is 5.16 Å². The van der Waals surface area contributed by atoms with E-state index in [0.717, 1.165) is 18.2 Å². The third-order valence-electron chi connectivity index (χ3n) is 2.39. The Hall–Kier alpha value is -2.36. The van der Waals surface area contributed by atoms with Crippen LogP contribution >= 0.6 is 11.8 Å². The molecule has 2 aromatic rings. The van der Waals surface area contributed by atoms with E-state index in [4.69, 9.17) is 10.5 Å². The first kappa shape index (κ1) is 15.0. The van der Waals surface area contributed by atoms with Gasteiger partial charge >= 0.3 is 11.1 Å². The van der Waals surface area contributed by atoms with Crippen LogP contribution in [0.2, 0.25) is 0 Å². The summed E-state index contributed by atoms with van der Waals surface area (Å²) in [6.45, 7) is 2.45. The monoisotopic (exact) mass is 310 g/mol. The van der Waals surface area contributed by atoms with Crippen molar-refractivity contribution in [3.63, 3.8) is 0 Å². The van der Waals surface area contributed by atoms with Crippen LogP contribution in [0.3, 0.4) is 0 Å². The molecular weight excluding hydrogens is 296 g/mol. The Labute approximate surface area is 123 Å². The zero-order chi connectivity index (χ0) is 15.4. The van der Waals surface area contributed by atoms with Gasteiger partial charge in [-0.1, -0.05) is 6.92 Å². The molecule has 3 N–H and O–H groups in total. The standard InChI is InChI=1S/C11H14N6O3S/c1-3-4-20-9-6(12)10(14-5-13-9)21-11-15-7(18)8(19)16-17(11)2/h5H,3-4,12H2,1-2H3,(H,16,19). The van der Waals surface area contributed by atoms with E-state index in [-0.39, 0.29) is 16.7 Å². The maximum atomic E-state index is 11.3. The van der Waals surface area contributed by atoms with Gasteiger partial charge in [0.2, 0.25) is 5.88 Å². The minimum Gasteiger partial charge on any atom is -0.476 e. The van der Waals surface area contributed by atoms with Crippen LogP contribution in [0.1, 0.15) is 13.3 Å². The van der Waals surface area contributed by atoms with Crippen molar-refractivity contribution in [2.24, 2.45) is 7.05 Å². The average molecular weight is 310 g/mol. The number of aromatic nitrogens is 5. The van der Waals surface area contributed by atoms with Crippen molar-refractivity contribution < 1.29 is 4.74 Å². The fraction of sp³-hybridized carbons (Fsp3) is 0.364. The van der Waals surface area contributed by atoms with Crippen LogP contribution in [0.15, 0.2) is 26.1 Å². The van der Waals surface area contributed by atoms with Crippen LogP contribution in [-0.2, 0) is 7.05 Å². The van der Waals surface area contributed by atoms with Gasteiger partial charge in [0, 0.05) is 7.05 Å². The molecule has 0 fully saturated rings. The van der Waals surface area contributed by atoms with E-state index in [1.807, 2.05) is 6.92 Å².